The van der Waals surface area contributed by atoms with E-state index in [9.17, 15) is 17.6 Å². The third kappa shape index (κ3) is 5.10. The third-order valence-electron chi connectivity index (χ3n) is 6.89. The molecule has 0 saturated heterocycles. The van der Waals surface area contributed by atoms with E-state index < -0.39 is 21.0 Å². The van der Waals surface area contributed by atoms with E-state index in [1.165, 1.54) is 6.07 Å². The normalized spacial score (nSPS) is 12.6. The minimum atomic E-state index is -3.64. The fraction of sp³-hybridized carbons (Fsp3) is 0.138. The molecule has 42 heavy (non-hydrogen) atoms. The number of benzene rings is 1. The number of hydrogen-bond acceptors (Lipinski definition) is 8. The molecule has 5 N–H and O–H groups in total. The van der Waals surface area contributed by atoms with Crippen LogP contribution in [0, 0.1) is 5.82 Å². The molecule has 0 fully saturated rings. The first-order valence-corrected chi connectivity index (χ1v) is 14.9. The van der Waals surface area contributed by atoms with Gasteiger partial charge in [0.25, 0.3) is 0 Å². The summed E-state index contributed by atoms with van der Waals surface area (Å²) >= 11 is 0. The van der Waals surface area contributed by atoms with Crippen molar-refractivity contribution in [1.82, 2.24) is 30.1 Å². The number of carbonyl (C=O) groups excluding carboxylic acids is 1. The highest BCUT2D eigenvalue weighted by atomic mass is 32.2. The van der Waals surface area contributed by atoms with Gasteiger partial charge in [0.05, 0.1) is 35.0 Å². The minimum Gasteiger partial charge on any atom is -0.338 e. The lowest BCUT2D eigenvalue weighted by molar-refractivity contribution is -0.115. The molecule has 0 aliphatic carbocycles. The van der Waals surface area contributed by atoms with Crippen LogP contribution in [0.2, 0.25) is 0 Å². The molecule has 212 valence electrons. The van der Waals surface area contributed by atoms with E-state index in [0.29, 0.717) is 62.4 Å². The lowest BCUT2D eigenvalue weighted by atomic mass is 10.0. The molecule has 1 unspecified atom stereocenters. The number of hydrogen-bond donors (Lipinski definition) is 4. The fourth-order valence-electron chi connectivity index (χ4n) is 4.76. The van der Waals surface area contributed by atoms with Crippen LogP contribution in [0.15, 0.2) is 67.3 Å². The molecule has 1 amide bonds. The molecule has 0 saturated carbocycles. The highest BCUT2D eigenvalue weighted by molar-refractivity contribution is 7.90. The quantitative estimate of drug-likeness (QED) is 0.209. The second-order valence-corrected chi connectivity index (χ2v) is 12.0. The van der Waals surface area contributed by atoms with Crippen molar-refractivity contribution in [3.05, 3.63) is 78.6 Å². The molecule has 1 atom stereocenters. The van der Waals surface area contributed by atoms with Crippen molar-refractivity contribution in [2.45, 2.75) is 18.7 Å². The number of pyridine rings is 3. The Morgan fingerprint density at radius 2 is 1.88 bits per heavy atom. The van der Waals surface area contributed by atoms with Crippen LogP contribution in [0.1, 0.15) is 24.3 Å². The number of aromatic nitrogens is 6. The van der Waals surface area contributed by atoms with Crippen LogP contribution in [0.25, 0.3) is 55.7 Å². The molecule has 13 heteroatoms. The van der Waals surface area contributed by atoms with Crippen LogP contribution in [-0.4, -0.2) is 50.7 Å². The van der Waals surface area contributed by atoms with Gasteiger partial charge < -0.3 is 16.0 Å². The van der Waals surface area contributed by atoms with Crippen molar-refractivity contribution in [3.63, 3.8) is 0 Å². The van der Waals surface area contributed by atoms with Crippen molar-refractivity contribution < 1.29 is 17.6 Å². The third-order valence-corrected chi connectivity index (χ3v) is 8.09. The molecule has 0 spiro atoms. The Bertz CT molecular complexity index is 2110. The van der Waals surface area contributed by atoms with Gasteiger partial charge in [-0.15, -0.1) is 0 Å². The van der Waals surface area contributed by atoms with Gasteiger partial charge in [-0.25, -0.2) is 17.8 Å². The molecule has 5 heterocycles. The molecule has 6 aromatic rings. The number of aromatic amines is 2. The van der Waals surface area contributed by atoms with Crippen molar-refractivity contribution >= 4 is 43.4 Å². The van der Waals surface area contributed by atoms with Crippen molar-refractivity contribution in [3.8, 4) is 33.8 Å². The van der Waals surface area contributed by atoms with Crippen LogP contribution in [0.5, 0.6) is 0 Å². The molecular formula is C29H25FN8O3S. The van der Waals surface area contributed by atoms with Crippen molar-refractivity contribution in [2.75, 3.05) is 11.6 Å². The summed E-state index contributed by atoms with van der Waals surface area (Å²) in [5.41, 5.74) is 11.6. The average Bonchev–Trinajstić information content (AvgIpc) is 3.59. The maximum atomic E-state index is 14.6. The summed E-state index contributed by atoms with van der Waals surface area (Å²) in [6.45, 7) is 1.77. The zero-order chi connectivity index (χ0) is 29.6. The summed E-state index contributed by atoms with van der Waals surface area (Å²) in [5, 5.41) is 10.4. The number of fused-ring (bicyclic) bond motifs is 2. The Labute approximate surface area is 239 Å². The van der Waals surface area contributed by atoms with E-state index in [2.05, 4.69) is 35.5 Å². The van der Waals surface area contributed by atoms with Crippen LogP contribution < -0.4 is 11.1 Å². The first kappa shape index (κ1) is 27.2. The second-order valence-electron chi connectivity index (χ2n) is 9.88. The lowest BCUT2D eigenvalue weighted by Gasteiger charge is -2.12. The predicted molar refractivity (Wildman–Crippen MR) is 158 cm³/mol. The fourth-order valence-corrected chi connectivity index (χ4v) is 5.39. The zero-order valence-corrected chi connectivity index (χ0v) is 23.3. The topological polar surface area (TPSA) is 172 Å². The highest BCUT2D eigenvalue weighted by Crippen LogP contribution is 2.35. The van der Waals surface area contributed by atoms with Gasteiger partial charge in [0, 0.05) is 41.4 Å². The minimum absolute atomic E-state index is 0.117. The number of anilines is 1. The number of nitrogens with two attached hydrogens (primary N) is 1. The van der Waals surface area contributed by atoms with Gasteiger partial charge in [-0.05, 0) is 59.2 Å². The van der Waals surface area contributed by atoms with Crippen LogP contribution in [0.3, 0.4) is 0 Å². The Morgan fingerprint density at radius 1 is 1.05 bits per heavy atom. The van der Waals surface area contributed by atoms with Crippen LogP contribution in [-0.2, 0) is 14.6 Å². The summed E-state index contributed by atoms with van der Waals surface area (Å²) in [6.07, 6.45) is 7.85. The molecule has 1 aromatic carbocycles. The van der Waals surface area contributed by atoms with Gasteiger partial charge in [0.2, 0.25) is 5.91 Å². The van der Waals surface area contributed by atoms with Gasteiger partial charge in [-0.3, -0.25) is 19.9 Å². The number of nitrogens with one attached hydrogen (secondary N) is 3. The number of nitrogens with zero attached hydrogens (tertiary/aromatic N) is 4. The molecule has 6 rings (SSSR count). The number of carbonyl (C=O) groups is 1. The number of rotatable bonds is 7. The average molecular weight is 585 g/mol. The Balaban J connectivity index is 1.42. The molecular weight excluding hydrogens is 559 g/mol. The second kappa shape index (κ2) is 10.4. The summed E-state index contributed by atoms with van der Waals surface area (Å²) in [4.78, 5) is 28.3. The molecule has 0 bridgehead atoms. The SMILES string of the molecule is CCC(=O)Nc1cncc(-c2cc3c(-c4cc5c(-c6cc(F)cc(C(N)S(C)(=O)=O)c6)ccnc5[nH]4)n[nH]c3cn2)c1. The van der Waals surface area contributed by atoms with Gasteiger partial charge in [-0.1, -0.05) is 6.92 Å². The van der Waals surface area contributed by atoms with Crippen LogP contribution in [0.4, 0.5) is 10.1 Å². The molecule has 0 aliphatic heterocycles. The Morgan fingerprint density at radius 3 is 2.67 bits per heavy atom. The predicted octanol–water partition coefficient (Wildman–Crippen LogP) is 4.72. The van der Waals surface area contributed by atoms with Gasteiger partial charge in [0.15, 0.2) is 9.84 Å². The standard InChI is InChI=1S/C29H25FN8O3S/c1-3-26(39)35-19-9-17(12-32-13-19)23-11-22-25(14-34-23)37-38-27(22)24-10-21-20(4-5-33-29(21)36-24)15-6-16(8-18(30)7-15)28(31)42(2,40)41/h4-14,28H,3,31H2,1-2H3,(H,33,36)(H,35,39)(H,37,38). The van der Waals surface area contributed by atoms with E-state index in [1.54, 1.807) is 49.9 Å². The largest absolute Gasteiger partial charge is 0.338 e. The smallest absolute Gasteiger partial charge is 0.224 e. The summed E-state index contributed by atoms with van der Waals surface area (Å²) in [6, 6.07) is 11.3. The summed E-state index contributed by atoms with van der Waals surface area (Å²) in [5.74, 6) is -0.720. The van der Waals surface area contributed by atoms with Gasteiger partial charge in [-0.2, -0.15) is 5.10 Å². The van der Waals surface area contributed by atoms with Crippen molar-refractivity contribution in [2.24, 2.45) is 5.73 Å². The summed E-state index contributed by atoms with van der Waals surface area (Å²) < 4.78 is 38.7. The van der Waals surface area contributed by atoms with Gasteiger partial charge in [0.1, 0.15) is 22.5 Å². The maximum absolute atomic E-state index is 14.6. The Hall–Kier alpha value is -5.01. The zero-order valence-electron chi connectivity index (χ0n) is 22.5. The highest BCUT2D eigenvalue weighted by Gasteiger charge is 2.21. The van der Waals surface area contributed by atoms with E-state index in [-0.39, 0.29) is 11.5 Å². The number of H-pyrrole nitrogens is 2. The molecule has 11 nitrogen and oxygen atoms in total. The lowest BCUT2D eigenvalue weighted by Crippen LogP contribution is -2.20. The monoisotopic (exact) mass is 584 g/mol. The maximum Gasteiger partial charge on any atom is 0.224 e. The molecule has 0 aliphatic rings. The van der Waals surface area contributed by atoms with E-state index >= 15 is 0 Å². The Kier molecular flexibility index (Phi) is 6.75. The molecule has 0 radical (unpaired) electrons. The van der Waals surface area contributed by atoms with E-state index in [1.807, 2.05) is 12.1 Å². The number of amides is 1. The first-order valence-electron chi connectivity index (χ1n) is 12.9. The first-order chi connectivity index (χ1) is 20.1. The summed E-state index contributed by atoms with van der Waals surface area (Å²) in [7, 11) is -3.64. The number of sulfone groups is 1. The van der Waals surface area contributed by atoms with Crippen molar-refractivity contribution in [1.29, 1.82) is 0 Å². The van der Waals surface area contributed by atoms with E-state index in [0.717, 1.165) is 17.7 Å². The molecule has 5 aromatic heterocycles. The van der Waals surface area contributed by atoms with Crippen LogP contribution >= 0.6 is 0 Å². The van der Waals surface area contributed by atoms with Gasteiger partial charge >= 0.3 is 0 Å². The van der Waals surface area contributed by atoms with E-state index in [4.69, 9.17) is 5.73 Å². The number of halogens is 1.